The second-order valence-electron chi connectivity index (χ2n) is 5.55. The van der Waals surface area contributed by atoms with Gasteiger partial charge in [0.25, 0.3) is 5.91 Å². The van der Waals surface area contributed by atoms with Crippen LogP contribution in [0, 0.1) is 6.92 Å². The number of nitrogens with two attached hydrogens (primary N) is 1. The molecule has 0 aliphatic carbocycles. The molecule has 0 atom stereocenters. The van der Waals surface area contributed by atoms with Crippen molar-refractivity contribution in [2.75, 3.05) is 36.8 Å². The molecule has 2 aromatic rings. The third kappa shape index (κ3) is 2.88. The quantitative estimate of drug-likeness (QED) is 0.920. The van der Waals surface area contributed by atoms with Gasteiger partial charge in [0, 0.05) is 38.1 Å². The van der Waals surface area contributed by atoms with Crippen LogP contribution < -0.4 is 10.6 Å². The molecule has 0 saturated carbocycles. The Morgan fingerprint density at radius 2 is 1.91 bits per heavy atom. The molecule has 1 aliphatic heterocycles. The molecule has 5 nitrogen and oxygen atoms in total. The van der Waals surface area contributed by atoms with Crippen molar-refractivity contribution >= 4 is 17.4 Å². The molecule has 1 saturated heterocycles. The standard InChI is InChI=1S/C17H20N4O/c1-13-4-2-5-14(12-13)20-8-10-21(11-9-20)17(22)15-6-3-7-19-16(15)18/h2-7,12H,8-11H2,1H3,(H2,18,19). The van der Waals surface area contributed by atoms with Gasteiger partial charge in [0.2, 0.25) is 0 Å². The zero-order valence-corrected chi connectivity index (χ0v) is 12.7. The van der Waals surface area contributed by atoms with Gasteiger partial charge in [0.1, 0.15) is 5.82 Å². The lowest BCUT2D eigenvalue weighted by atomic mass is 10.1. The molecule has 0 spiro atoms. The summed E-state index contributed by atoms with van der Waals surface area (Å²) in [4.78, 5) is 20.6. The highest BCUT2D eigenvalue weighted by molar-refractivity contribution is 5.98. The first-order chi connectivity index (χ1) is 10.6. The van der Waals surface area contributed by atoms with E-state index in [0.717, 1.165) is 13.1 Å². The summed E-state index contributed by atoms with van der Waals surface area (Å²) < 4.78 is 0. The summed E-state index contributed by atoms with van der Waals surface area (Å²) in [5.74, 6) is 0.267. The fraction of sp³-hybridized carbons (Fsp3) is 0.294. The van der Waals surface area contributed by atoms with Crippen molar-refractivity contribution < 1.29 is 4.79 Å². The number of piperazine rings is 1. The summed E-state index contributed by atoms with van der Waals surface area (Å²) in [6.45, 7) is 5.14. The fourth-order valence-corrected chi connectivity index (χ4v) is 2.76. The number of aromatic nitrogens is 1. The molecule has 1 aliphatic rings. The van der Waals surface area contributed by atoms with Gasteiger partial charge in [-0.25, -0.2) is 4.98 Å². The summed E-state index contributed by atoms with van der Waals surface area (Å²) in [5, 5.41) is 0. The van der Waals surface area contributed by atoms with E-state index < -0.39 is 0 Å². The normalized spacial score (nSPS) is 15.0. The molecule has 0 radical (unpaired) electrons. The summed E-state index contributed by atoms with van der Waals surface area (Å²) in [6, 6.07) is 11.9. The average molecular weight is 296 g/mol. The van der Waals surface area contributed by atoms with E-state index in [4.69, 9.17) is 5.73 Å². The van der Waals surface area contributed by atoms with E-state index in [1.807, 2.05) is 4.90 Å². The van der Waals surface area contributed by atoms with E-state index >= 15 is 0 Å². The van der Waals surface area contributed by atoms with Gasteiger partial charge < -0.3 is 15.5 Å². The SMILES string of the molecule is Cc1cccc(N2CCN(C(=O)c3cccnc3N)CC2)c1. The maximum Gasteiger partial charge on any atom is 0.257 e. The minimum absolute atomic E-state index is 0.0329. The molecule has 5 heteroatoms. The monoisotopic (exact) mass is 296 g/mol. The van der Waals surface area contributed by atoms with Gasteiger partial charge in [-0.3, -0.25) is 4.79 Å². The Hall–Kier alpha value is -2.56. The van der Waals surface area contributed by atoms with E-state index in [9.17, 15) is 4.79 Å². The topological polar surface area (TPSA) is 62.5 Å². The highest BCUT2D eigenvalue weighted by atomic mass is 16.2. The van der Waals surface area contributed by atoms with Gasteiger partial charge in [-0.15, -0.1) is 0 Å². The van der Waals surface area contributed by atoms with Gasteiger partial charge in [-0.05, 0) is 36.8 Å². The van der Waals surface area contributed by atoms with Crippen LogP contribution in [0.1, 0.15) is 15.9 Å². The van der Waals surface area contributed by atoms with Crippen LogP contribution in [0.15, 0.2) is 42.6 Å². The summed E-state index contributed by atoms with van der Waals surface area (Å²) >= 11 is 0. The Balaban J connectivity index is 1.67. The molecule has 3 rings (SSSR count). The van der Waals surface area contributed by atoms with Crippen LogP contribution in [0.2, 0.25) is 0 Å². The molecule has 1 amide bonds. The van der Waals surface area contributed by atoms with Crippen molar-refractivity contribution in [2.24, 2.45) is 0 Å². The molecule has 0 bridgehead atoms. The summed E-state index contributed by atoms with van der Waals surface area (Å²) in [7, 11) is 0. The number of carbonyl (C=O) groups is 1. The van der Waals surface area contributed by atoms with Crippen LogP contribution >= 0.6 is 0 Å². The van der Waals surface area contributed by atoms with Crippen molar-refractivity contribution in [1.29, 1.82) is 0 Å². The second-order valence-corrected chi connectivity index (χ2v) is 5.55. The van der Waals surface area contributed by atoms with Gasteiger partial charge >= 0.3 is 0 Å². The molecule has 1 aromatic heterocycles. The van der Waals surface area contributed by atoms with E-state index in [1.165, 1.54) is 11.3 Å². The number of amides is 1. The number of nitrogens with zero attached hydrogens (tertiary/aromatic N) is 3. The van der Waals surface area contributed by atoms with Gasteiger partial charge in [0.05, 0.1) is 5.56 Å². The fourth-order valence-electron chi connectivity index (χ4n) is 2.76. The third-order valence-electron chi connectivity index (χ3n) is 4.00. The van der Waals surface area contributed by atoms with Crippen LogP contribution in [-0.2, 0) is 0 Å². The second kappa shape index (κ2) is 6.05. The lowest BCUT2D eigenvalue weighted by molar-refractivity contribution is 0.0747. The number of pyridine rings is 1. The lowest BCUT2D eigenvalue weighted by Gasteiger charge is -2.36. The van der Waals surface area contributed by atoms with Crippen LogP contribution in [0.25, 0.3) is 0 Å². The number of anilines is 2. The maximum atomic E-state index is 12.5. The van der Waals surface area contributed by atoms with E-state index in [-0.39, 0.29) is 5.91 Å². The van der Waals surface area contributed by atoms with Crippen molar-refractivity contribution in [3.05, 3.63) is 53.7 Å². The molecule has 1 aromatic carbocycles. The Kier molecular flexibility index (Phi) is 3.96. The third-order valence-corrected chi connectivity index (χ3v) is 4.00. The number of aryl methyl sites for hydroxylation is 1. The molecule has 0 unspecified atom stereocenters. The number of rotatable bonds is 2. The van der Waals surface area contributed by atoms with Crippen LogP contribution in [0.3, 0.4) is 0 Å². The van der Waals surface area contributed by atoms with Gasteiger partial charge in [-0.1, -0.05) is 12.1 Å². The van der Waals surface area contributed by atoms with Crippen molar-refractivity contribution in [2.45, 2.75) is 6.92 Å². The Morgan fingerprint density at radius 1 is 1.14 bits per heavy atom. The zero-order chi connectivity index (χ0) is 15.5. The van der Waals surface area contributed by atoms with Crippen LogP contribution in [0.4, 0.5) is 11.5 Å². The van der Waals surface area contributed by atoms with Gasteiger partial charge in [-0.2, -0.15) is 0 Å². The largest absolute Gasteiger partial charge is 0.383 e. The number of hydrogen-bond donors (Lipinski definition) is 1. The van der Waals surface area contributed by atoms with Crippen molar-refractivity contribution in [1.82, 2.24) is 9.88 Å². The summed E-state index contributed by atoms with van der Waals surface area (Å²) in [6.07, 6.45) is 1.60. The van der Waals surface area contributed by atoms with E-state index in [0.29, 0.717) is 24.5 Å². The Morgan fingerprint density at radius 3 is 2.59 bits per heavy atom. The molecule has 22 heavy (non-hydrogen) atoms. The molecular weight excluding hydrogens is 276 g/mol. The maximum absolute atomic E-state index is 12.5. The molecule has 114 valence electrons. The lowest BCUT2D eigenvalue weighted by Crippen LogP contribution is -2.49. The Labute approximate surface area is 130 Å². The first kappa shape index (κ1) is 14.4. The molecular formula is C17H20N4O. The number of carbonyl (C=O) groups excluding carboxylic acids is 1. The molecule has 2 heterocycles. The summed E-state index contributed by atoms with van der Waals surface area (Å²) in [5.41, 5.74) is 8.75. The predicted molar refractivity (Wildman–Crippen MR) is 87.9 cm³/mol. The van der Waals surface area contributed by atoms with Crippen molar-refractivity contribution in [3.8, 4) is 0 Å². The average Bonchev–Trinajstić information content (AvgIpc) is 2.55. The predicted octanol–water partition coefficient (Wildman–Crippen LogP) is 1.93. The van der Waals surface area contributed by atoms with Crippen molar-refractivity contribution in [3.63, 3.8) is 0 Å². The smallest absolute Gasteiger partial charge is 0.257 e. The Bertz CT molecular complexity index is 678. The zero-order valence-electron chi connectivity index (χ0n) is 12.7. The van der Waals surface area contributed by atoms with Crippen LogP contribution in [-0.4, -0.2) is 42.0 Å². The number of benzene rings is 1. The molecule has 2 N–H and O–H groups in total. The first-order valence-corrected chi connectivity index (χ1v) is 7.46. The molecule has 1 fully saturated rings. The minimum Gasteiger partial charge on any atom is -0.383 e. The van der Waals surface area contributed by atoms with E-state index in [1.54, 1.807) is 18.3 Å². The first-order valence-electron chi connectivity index (χ1n) is 7.46. The van der Waals surface area contributed by atoms with Gasteiger partial charge in [0.15, 0.2) is 0 Å². The van der Waals surface area contributed by atoms with E-state index in [2.05, 4.69) is 41.1 Å². The highest BCUT2D eigenvalue weighted by Gasteiger charge is 2.23. The minimum atomic E-state index is -0.0329. The van der Waals surface area contributed by atoms with Crippen LogP contribution in [0.5, 0.6) is 0 Å². The highest BCUT2D eigenvalue weighted by Crippen LogP contribution is 2.19. The number of nitrogen functional groups attached to an aromatic ring is 1. The number of hydrogen-bond acceptors (Lipinski definition) is 4.